The molecule has 0 N–H and O–H groups in total. The van der Waals surface area contributed by atoms with Crippen molar-refractivity contribution in [2.24, 2.45) is 0 Å². The molecule has 0 atom stereocenters. The predicted octanol–water partition coefficient (Wildman–Crippen LogP) is 1.89. The van der Waals surface area contributed by atoms with Crippen LogP contribution in [0, 0.1) is 0 Å². The summed E-state index contributed by atoms with van der Waals surface area (Å²) in [6.07, 6.45) is 5.93. The second kappa shape index (κ2) is 6.43. The first-order chi connectivity index (χ1) is 6.43. The zero-order chi connectivity index (χ0) is 9.36. The van der Waals surface area contributed by atoms with Gasteiger partial charge < -0.3 is 9.47 Å². The molecule has 2 heterocycles. The van der Waals surface area contributed by atoms with Crippen molar-refractivity contribution in [3.8, 4) is 5.75 Å². The van der Waals surface area contributed by atoms with E-state index < -0.39 is 0 Å². The van der Waals surface area contributed by atoms with Gasteiger partial charge in [-0.05, 0) is 25.0 Å². The van der Waals surface area contributed by atoms with E-state index in [4.69, 9.17) is 9.47 Å². The third-order valence-corrected chi connectivity index (χ3v) is 1.70. The van der Waals surface area contributed by atoms with Gasteiger partial charge in [0.2, 0.25) is 0 Å². The number of hydrogen-bond acceptors (Lipinski definition) is 3. The van der Waals surface area contributed by atoms with Crippen molar-refractivity contribution in [1.82, 2.24) is 4.98 Å². The molecule has 3 nitrogen and oxygen atoms in total. The van der Waals surface area contributed by atoms with Gasteiger partial charge in [-0.15, -0.1) is 0 Å². The first-order valence-corrected chi connectivity index (χ1v) is 4.45. The fourth-order valence-corrected chi connectivity index (χ4v) is 0.978. The highest BCUT2D eigenvalue weighted by Gasteiger charge is 1.94. The molecule has 0 spiro atoms. The van der Waals surface area contributed by atoms with Crippen LogP contribution >= 0.6 is 0 Å². The molecule has 1 fully saturated rings. The number of pyridine rings is 1. The fourth-order valence-electron chi connectivity index (χ4n) is 0.978. The Hall–Kier alpha value is -1.09. The molecule has 0 amide bonds. The first kappa shape index (κ1) is 9.99. The van der Waals surface area contributed by atoms with Crippen LogP contribution in [0.15, 0.2) is 24.5 Å². The predicted molar refractivity (Wildman–Crippen MR) is 50.8 cm³/mol. The summed E-state index contributed by atoms with van der Waals surface area (Å²) in [5.74, 6) is 0.799. The molecular formula is C10H15NO2. The zero-order valence-corrected chi connectivity index (χ0v) is 7.90. The Kier molecular flexibility index (Phi) is 4.94. The number of nitrogens with zero attached hydrogens (tertiary/aromatic N) is 1. The van der Waals surface area contributed by atoms with Crippen LogP contribution in [0.1, 0.15) is 12.8 Å². The molecule has 1 aromatic heterocycles. The van der Waals surface area contributed by atoms with Gasteiger partial charge in [0.25, 0.3) is 0 Å². The van der Waals surface area contributed by atoms with Crippen LogP contribution in [0.25, 0.3) is 0 Å². The van der Waals surface area contributed by atoms with Gasteiger partial charge in [0.1, 0.15) is 5.75 Å². The van der Waals surface area contributed by atoms with Crippen molar-refractivity contribution in [2.75, 3.05) is 20.3 Å². The van der Waals surface area contributed by atoms with E-state index in [0.717, 1.165) is 19.0 Å². The highest BCUT2D eigenvalue weighted by molar-refractivity contribution is 5.14. The van der Waals surface area contributed by atoms with Gasteiger partial charge in [0, 0.05) is 19.4 Å². The maximum absolute atomic E-state index is 4.94. The van der Waals surface area contributed by atoms with Gasteiger partial charge in [-0.3, -0.25) is 4.98 Å². The molecule has 0 saturated carbocycles. The van der Waals surface area contributed by atoms with E-state index in [0.29, 0.717) is 0 Å². The summed E-state index contributed by atoms with van der Waals surface area (Å²) in [7, 11) is 1.62. The van der Waals surface area contributed by atoms with Crippen molar-refractivity contribution in [3.05, 3.63) is 24.5 Å². The molecule has 0 bridgehead atoms. The maximum Gasteiger partial charge on any atom is 0.137 e. The number of rotatable bonds is 1. The molecule has 1 aromatic rings. The second-order valence-electron chi connectivity index (χ2n) is 2.71. The minimum absolute atomic E-state index is 0.799. The monoisotopic (exact) mass is 181 g/mol. The number of aromatic nitrogens is 1. The molecule has 1 aliphatic heterocycles. The summed E-state index contributed by atoms with van der Waals surface area (Å²) in [6, 6.07) is 3.69. The number of methoxy groups -OCH3 is 1. The maximum atomic E-state index is 4.94. The van der Waals surface area contributed by atoms with Crippen molar-refractivity contribution < 1.29 is 9.47 Å². The van der Waals surface area contributed by atoms with E-state index in [1.807, 2.05) is 12.1 Å². The molecule has 3 heteroatoms. The average Bonchev–Trinajstić information content (AvgIpc) is 2.77. The topological polar surface area (TPSA) is 31.4 Å². The highest BCUT2D eigenvalue weighted by Crippen LogP contribution is 2.02. The normalized spacial score (nSPS) is 14.5. The zero-order valence-electron chi connectivity index (χ0n) is 7.90. The third kappa shape index (κ3) is 4.48. The van der Waals surface area contributed by atoms with Gasteiger partial charge in [-0.2, -0.15) is 0 Å². The van der Waals surface area contributed by atoms with E-state index >= 15 is 0 Å². The molecule has 2 rings (SSSR count). The molecule has 13 heavy (non-hydrogen) atoms. The largest absolute Gasteiger partial charge is 0.495 e. The summed E-state index contributed by atoms with van der Waals surface area (Å²) in [6.45, 7) is 2.00. The molecule has 0 radical (unpaired) electrons. The lowest BCUT2D eigenvalue weighted by atomic mass is 10.4. The Morgan fingerprint density at radius 2 is 2.15 bits per heavy atom. The molecule has 1 aliphatic rings. The van der Waals surface area contributed by atoms with Crippen molar-refractivity contribution in [3.63, 3.8) is 0 Å². The van der Waals surface area contributed by atoms with Crippen LogP contribution in [0.4, 0.5) is 0 Å². The van der Waals surface area contributed by atoms with Gasteiger partial charge in [-0.1, -0.05) is 0 Å². The van der Waals surface area contributed by atoms with Crippen LogP contribution in [0.5, 0.6) is 5.75 Å². The molecule has 0 aromatic carbocycles. The van der Waals surface area contributed by atoms with Crippen LogP contribution in [-0.2, 0) is 4.74 Å². The van der Waals surface area contributed by atoms with E-state index in [2.05, 4.69) is 4.98 Å². The summed E-state index contributed by atoms with van der Waals surface area (Å²) in [5, 5.41) is 0. The number of hydrogen-bond donors (Lipinski definition) is 0. The summed E-state index contributed by atoms with van der Waals surface area (Å²) in [5.41, 5.74) is 0. The van der Waals surface area contributed by atoms with E-state index in [1.54, 1.807) is 19.5 Å². The summed E-state index contributed by atoms with van der Waals surface area (Å²) < 4.78 is 9.80. The smallest absolute Gasteiger partial charge is 0.137 e. The van der Waals surface area contributed by atoms with Gasteiger partial charge >= 0.3 is 0 Å². The van der Waals surface area contributed by atoms with Crippen molar-refractivity contribution in [2.45, 2.75) is 12.8 Å². The molecular weight excluding hydrogens is 166 g/mol. The third-order valence-electron chi connectivity index (χ3n) is 1.70. The van der Waals surface area contributed by atoms with E-state index in [9.17, 15) is 0 Å². The van der Waals surface area contributed by atoms with Gasteiger partial charge in [0.15, 0.2) is 0 Å². The summed E-state index contributed by atoms with van der Waals surface area (Å²) in [4.78, 5) is 3.83. The van der Waals surface area contributed by atoms with E-state index in [1.165, 1.54) is 12.8 Å². The van der Waals surface area contributed by atoms with Crippen LogP contribution in [0.3, 0.4) is 0 Å². The lowest BCUT2D eigenvalue weighted by Gasteiger charge is -1.93. The lowest BCUT2D eigenvalue weighted by Crippen LogP contribution is -1.80. The molecule has 72 valence electrons. The minimum Gasteiger partial charge on any atom is -0.495 e. The van der Waals surface area contributed by atoms with Crippen LogP contribution in [-0.4, -0.2) is 25.3 Å². The Morgan fingerprint density at radius 3 is 2.46 bits per heavy atom. The Bertz CT molecular complexity index is 202. The number of ether oxygens (including phenoxy) is 2. The van der Waals surface area contributed by atoms with Crippen molar-refractivity contribution in [1.29, 1.82) is 0 Å². The standard InChI is InChI=1S/C6H7NO.C4H8O/c1-8-6-3-2-4-7-5-6;1-2-4-5-3-1/h2-5H,1H3;1-4H2. The molecule has 0 aliphatic carbocycles. The molecule has 0 unspecified atom stereocenters. The highest BCUT2D eigenvalue weighted by atomic mass is 16.5. The van der Waals surface area contributed by atoms with Crippen LogP contribution in [0.2, 0.25) is 0 Å². The SMILES string of the molecule is C1CCOC1.COc1cccnc1. The summed E-state index contributed by atoms with van der Waals surface area (Å²) >= 11 is 0. The first-order valence-electron chi connectivity index (χ1n) is 4.45. The minimum atomic E-state index is 0.799. The average molecular weight is 181 g/mol. The Balaban J connectivity index is 0.000000145. The van der Waals surface area contributed by atoms with Gasteiger partial charge in [0.05, 0.1) is 13.3 Å². The molecule has 1 saturated heterocycles. The second-order valence-corrected chi connectivity index (χ2v) is 2.71. The Labute approximate surface area is 78.7 Å². The van der Waals surface area contributed by atoms with E-state index in [-0.39, 0.29) is 0 Å². The van der Waals surface area contributed by atoms with Crippen molar-refractivity contribution >= 4 is 0 Å². The Morgan fingerprint density at radius 1 is 1.38 bits per heavy atom. The van der Waals surface area contributed by atoms with Gasteiger partial charge in [-0.25, -0.2) is 0 Å². The lowest BCUT2D eigenvalue weighted by molar-refractivity contribution is 0.198. The fraction of sp³-hybridized carbons (Fsp3) is 0.500. The van der Waals surface area contributed by atoms with Crippen LogP contribution < -0.4 is 4.74 Å². The quantitative estimate of drug-likeness (QED) is 0.663.